The zero-order chi connectivity index (χ0) is 21.8. The van der Waals surface area contributed by atoms with Crippen LogP contribution in [0.2, 0.25) is 0 Å². The van der Waals surface area contributed by atoms with Gasteiger partial charge in [0.2, 0.25) is 0 Å². The van der Waals surface area contributed by atoms with Crippen molar-refractivity contribution in [3.8, 4) is 11.5 Å². The molecule has 0 spiro atoms. The Morgan fingerprint density at radius 1 is 1.00 bits per heavy atom. The van der Waals surface area contributed by atoms with E-state index in [4.69, 9.17) is 4.74 Å². The first-order valence-corrected chi connectivity index (χ1v) is 10.7. The molecular formula is C21H16BrN5O3S. The lowest BCUT2D eigenvalue weighted by Crippen LogP contribution is -2.19. The zero-order valence-electron chi connectivity index (χ0n) is 16.2. The van der Waals surface area contributed by atoms with Crippen LogP contribution in [0.5, 0.6) is 11.5 Å². The molecule has 4 aromatic rings. The number of pyridine rings is 1. The molecule has 31 heavy (non-hydrogen) atoms. The number of nitrogens with zero attached hydrogens (tertiary/aromatic N) is 2. The Labute approximate surface area is 189 Å². The predicted octanol–water partition coefficient (Wildman–Crippen LogP) is 5.25. The molecule has 3 N–H and O–H groups in total. The van der Waals surface area contributed by atoms with Crippen molar-refractivity contribution in [2.75, 3.05) is 17.7 Å². The van der Waals surface area contributed by atoms with Gasteiger partial charge in [-0.1, -0.05) is 27.3 Å². The molecule has 0 unspecified atom stereocenters. The molecule has 4 rings (SSSR count). The van der Waals surface area contributed by atoms with E-state index in [1.54, 1.807) is 43.4 Å². The van der Waals surface area contributed by atoms with E-state index in [-0.39, 0.29) is 17.6 Å². The van der Waals surface area contributed by atoms with Crippen LogP contribution in [0.4, 0.5) is 15.6 Å². The minimum absolute atomic E-state index is 0.266. The van der Waals surface area contributed by atoms with Gasteiger partial charge in [0.1, 0.15) is 17.2 Å². The fourth-order valence-corrected chi connectivity index (χ4v) is 3.83. The number of thiazole rings is 1. The van der Waals surface area contributed by atoms with Crippen LogP contribution in [0.15, 0.2) is 65.3 Å². The second-order valence-corrected chi connectivity index (χ2v) is 8.24. The van der Waals surface area contributed by atoms with Gasteiger partial charge in [0.15, 0.2) is 5.13 Å². The normalized spacial score (nSPS) is 10.5. The summed E-state index contributed by atoms with van der Waals surface area (Å²) < 4.78 is 7.63. The summed E-state index contributed by atoms with van der Waals surface area (Å²) in [6.07, 6.45) is 1.51. The average molecular weight is 498 g/mol. The second-order valence-electron chi connectivity index (χ2n) is 6.29. The van der Waals surface area contributed by atoms with Gasteiger partial charge in [-0.05, 0) is 42.5 Å². The summed E-state index contributed by atoms with van der Waals surface area (Å²) in [6.45, 7) is 0. The highest BCUT2D eigenvalue weighted by Crippen LogP contribution is 2.31. The molecule has 2 heterocycles. The van der Waals surface area contributed by atoms with Gasteiger partial charge in [0.05, 0.1) is 10.2 Å². The van der Waals surface area contributed by atoms with Crippen LogP contribution in [0.3, 0.4) is 0 Å². The van der Waals surface area contributed by atoms with E-state index in [1.807, 2.05) is 18.2 Å². The fourth-order valence-electron chi connectivity index (χ4n) is 2.68. The van der Waals surface area contributed by atoms with Crippen LogP contribution in [0.1, 0.15) is 10.5 Å². The number of carbonyl (C=O) groups is 2. The largest absolute Gasteiger partial charge is 0.457 e. The van der Waals surface area contributed by atoms with E-state index in [0.29, 0.717) is 22.3 Å². The summed E-state index contributed by atoms with van der Waals surface area (Å²) in [5.41, 5.74) is 1.67. The van der Waals surface area contributed by atoms with Crippen molar-refractivity contribution in [1.82, 2.24) is 15.3 Å². The van der Waals surface area contributed by atoms with Gasteiger partial charge < -0.3 is 15.4 Å². The Kier molecular flexibility index (Phi) is 6.10. The van der Waals surface area contributed by atoms with Gasteiger partial charge >= 0.3 is 6.03 Å². The molecule has 3 amide bonds. The predicted molar refractivity (Wildman–Crippen MR) is 124 cm³/mol. The van der Waals surface area contributed by atoms with Crippen LogP contribution in [0.25, 0.3) is 10.2 Å². The smallest absolute Gasteiger partial charge is 0.325 e. The first-order chi connectivity index (χ1) is 15.0. The van der Waals surface area contributed by atoms with Gasteiger partial charge in [-0.25, -0.2) is 9.78 Å². The van der Waals surface area contributed by atoms with Crippen molar-refractivity contribution >= 4 is 60.2 Å². The molecule has 156 valence electrons. The van der Waals surface area contributed by atoms with E-state index < -0.39 is 0 Å². The minimum Gasteiger partial charge on any atom is -0.457 e. The Balaban J connectivity index is 1.46. The topological polar surface area (TPSA) is 105 Å². The summed E-state index contributed by atoms with van der Waals surface area (Å²) in [5.74, 6) is 0.779. The van der Waals surface area contributed by atoms with E-state index in [1.165, 1.54) is 17.5 Å². The third-order valence-electron chi connectivity index (χ3n) is 4.11. The number of urea groups is 1. The number of hydrogen-bond acceptors (Lipinski definition) is 6. The van der Waals surface area contributed by atoms with Gasteiger partial charge in [-0.3, -0.25) is 15.1 Å². The molecule has 0 atom stereocenters. The first kappa shape index (κ1) is 20.8. The average Bonchev–Trinajstić information content (AvgIpc) is 3.16. The van der Waals surface area contributed by atoms with Crippen molar-refractivity contribution in [1.29, 1.82) is 0 Å². The maximum absolute atomic E-state index is 12.2. The van der Waals surface area contributed by atoms with Crippen LogP contribution in [-0.2, 0) is 0 Å². The van der Waals surface area contributed by atoms with Gasteiger partial charge in [0.25, 0.3) is 5.91 Å². The van der Waals surface area contributed by atoms with E-state index in [9.17, 15) is 9.59 Å². The zero-order valence-corrected chi connectivity index (χ0v) is 18.6. The molecule has 0 fully saturated rings. The Morgan fingerprint density at radius 2 is 1.77 bits per heavy atom. The lowest BCUT2D eigenvalue weighted by atomic mass is 10.3. The van der Waals surface area contributed by atoms with Crippen LogP contribution >= 0.6 is 27.3 Å². The third-order valence-corrected chi connectivity index (χ3v) is 5.57. The quantitative estimate of drug-likeness (QED) is 0.349. The number of aromatic nitrogens is 2. The monoisotopic (exact) mass is 497 g/mol. The van der Waals surface area contributed by atoms with Crippen molar-refractivity contribution in [2.24, 2.45) is 0 Å². The lowest BCUT2D eigenvalue weighted by molar-refractivity contribution is 0.0958. The molecule has 0 aliphatic carbocycles. The van der Waals surface area contributed by atoms with Crippen molar-refractivity contribution in [3.05, 3.63) is 71.0 Å². The van der Waals surface area contributed by atoms with E-state index in [0.717, 1.165) is 14.7 Å². The van der Waals surface area contributed by atoms with Gasteiger partial charge in [-0.2, -0.15) is 0 Å². The molecule has 0 saturated heterocycles. The molecular weight excluding hydrogens is 482 g/mol. The Hall–Kier alpha value is -3.50. The number of halogens is 1. The molecule has 0 saturated carbocycles. The molecule has 2 aromatic heterocycles. The molecule has 8 nitrogen and oxygen atoms in total. The number of fused-ring (bicyclic) bond motifs is 1. The number of rotatable bonds is 5. The standard InChI is InChI=1S/C21H16BrN5O3S/c1-23-19(28)17-10-15(8-9-24-17)30-14-6-7-16-18(11-14)31-21(26-16)27-20(29)25-13-4-2-12(22)3-5-13/h2-11H,1H3,(H,23,28)(H2,25,26,27,29). The van der Waals surface area contributed by atoms with Crippen LogP contribution < -0.4 is 20.7 Å². The SMILES string of the molecule is CNC(=O)c1cc(Oc2ccc3nc(NC(=O)Nc4ccc(Br)cc4)sc3c2)ccn1. The third kappa shape index (κ3) is 5.16. The lowest BCUT2D eigenvalue weighted by Gasteiger charge is -2.06. The highest BCUT2D eigenvalue weighted by molar-refractivity contribution is 9.10. The second kappa shape index (κ2) is 9.11. The maximum atomic E-state index is 12.2. The summed E-state index contributed by atoms with van der Waals surface area (Å²) in [4.78, 5) is 32.4. The maximum Gasteiger partial charge on any atom is 0.325 e. The number of ether oxygens (including phenoxy) is 1. The molecule has 0 aliphatic heterocycles. The summed E-state index contributed by atoms with van der Waals surface area (Å²) >= 11 is 4.68. The summed E-state index contributed by atoms with van der Waals surface area (Å²) in [6, 6.07) is 15.5. The minimum atomic E-state index is -0.378. The molecule has 0 aliphatic rings. The van der Waals surface area contributed by atoms with Crippen molar-refractivity contribution in [3.63, 3.8) is 0 Å². The Bertz CT molecular complexity index is 1260. The van der Waals surface area contributed by atoms with Crippen molar-refractivity contribution < 1.29 is 14.3 Å². The number of hydrogen-bond donors (Lipinski definition) is 3. The fraction of sp³-hybridized carbons (Fsp3) is 0.0476. The first-order valence-electron chi connectivity index (χ1n) is 9.10. The van der Waals surface area contributed by atoms with Gasteiger partial charge in [-0.15, -0.1) is 0 Å². The van der Waals surface area contributed by atoms with Gasteiger partial charge in [0, 0.05) is 35.5 Å². The van der Waals surface area contributed by atoms with E-state index in [2.05, 4.69) is 41.8 Å². The van der Waals surface area contributed by atoms with E-state index >= 15 is 0 Å². The molecule has 0 radical (unpaired) electrons. The molecule has 2 aromatic carbocycles. The number of nitrogens with one attached hydrogen (secondary N) is 3. The highest BCUT2D eigenvalue weighted by atomic mass is 79.9. The van der Waals surface area contributed by atoms with Crippen LogP contribution in [0, 0.1) is 0 Å². The molecule has 0 bridgehead atoms. The van der Waals surface area contributed by atoms with Crippen molar-refractivity contribution in [2.45, 2.75) is 0 Å². The number of carbonyl (C=O) groups excluding carboxylic acids is 2. The highest BCUT2D eigenvalue weighted by Gasteiger charge is 2.11. The summed E-state index contributed by atoms with van der Waals surface area (Å²) in [5, 5.41) is 8.49. The molecule has 10 heteroatoms. The van der Waals surface area contributed by atoms with Crippen LogP contribution in [-0.4, -0.2) is 29.0 Å². The number of anilines is 2. The Morgan fingerprint density at radius 3 is 2.55 bits per heavy atom. The number of benzene rings is 2. The number of amides is 3. The summed E-state index contributed by atoms with van der Waals surface area (Å²) in [7, 11) is 1.54.